The van der Waals surface area contributed by atoms with Crippen molar-refractivity contribution in [3.8, 4) is 12.5 Å². The van der Waals surface area contributed by atoms with Crippen LogP contribution in [0.1, 0.15) is 6.92 Å². The number of ether oxygens (including phenoxy) is 1. The highest BCUT2D eigenvalue weighted by atomic mass is 16.7. The Balaban J connectivity index is 3.08. The van der Waals surface area contributed by atoms with E-state index in [-0.39, 0.29) is 0 Å². The van der Waals surface area contributed by atoms with E-state index in [1.165, 1.54) is 0 Å². The van der Waals surface area contributed by atoms with Crippen LogP contribution in [-0.2, 0) is 9.53 Å². The third kappa shape index (κ3) is 2.26. The van der Waals surface area contributed by atoms with Crippen LogP contribution in [0.15, 0.2) is 0 Å². The van der Waals surface area contributed by atoms with Crippen molar-refractivity contribution in [2.24, 2.45) is 0 Å². The number of Topliss-reactive ketones (excluding diaryl/α,β-unsaturated/α-hetero) is 1. The summed E-state index contributed by atoms with van der Waals surface area (Å²) < 4.78 is 4.92. The molecule has 0 radical (unpaired) electrons. The Kier molecular flexibility index (Phi) is 4.08. The number of ketones is 1. The quantitative estimate of drug-likeness (QED) is 0.264. The zero-order chi connectivity index (χ0) is 13.2. The van der Waals surface area contributed by atoms with Crippen LogP contribution in [0.5, 0.6) is 0 Å². The molecule has 7 heteroatoms. The van der Waals surface area contributed by atoms with E-state index in [0.29, 0.717) is 0 Å². The largest absolute Gasteiger partial charge is 0.394 e. The molecule has 5 atom stereocenters. The van der Waals surface area contributed by atoms with E-state index < -0.39 is 42.5 Å². The van der Waals surface area contributed by atoms with Crippen molar-refractivity contribution in [1.82, 2.24) is 5.32 Å². The summed E-state index contributed by atoms with van der Waals surface area (Å²) in [5.41, 5.74) is 0. The molecule has 1 heterocycles. The number of hydrogen-bond acceptors (Lipinski definition) is 7. The molecule has 1 saturated heterocycles. The number of terminal acetylenes is 1. The first-order valence-corrected chi connectivity index (χ1v) is 4.97. The summed E-state index contributed by atoms with van der Waals surface area (Å²) >= 11 is 0. The highest BCUT2D eigenvalue weighted by molar-refractivity contribution is 5.84. The maximum atomic E-state index is 11.4. The number of carbonyl (C=O) groups is 1. The van der Waals surface area contributed by atoms with Crippen LogP contribution in [0.3, 0.4) is 0 Å². The molecule has 1 fully saturated rings. The maximum Gasteiger partial charge on any atom is 0.250 e. The van der Waals surface area contributed by atoms with E-state index in [2.05, 4.69) is 5.32 Å². The average Bonchev–Trinajstić information content (AvgIpc) is 2.29. The standard InChI is InChI=1S/C10H15NO6/c1-3-11-9-8(15)7(14)6(4-12)17-10(9,16)5(2)13/h1,6-9,11-12,14-16H,4H2,2H3/t6-,7-,8+,9-,10?/m1/s1. The molecule has 0 aliphatic carbocycles. The molecule has 1 unspecified atom stereocenters. The Labute approximate surface area is 98.0 Å². The van der Waals surface area contributed by atoms with Crippen molar-refractivity contribution >= 4 is 5.78 Å². The van der Waals surface area contributed by atoms with Crippen molar-refractivity contribution in [2.75, 3.05) is 6.61 Å². The van der Waals surface area contributed by atoms with Gasteiger partial charge < -0.3 is 30.5 Å². The first-order chi connectivity index (χ1) is 7.88. The minimum absolute atomic E-state index is 0.656. The SMILES string of the molecule is C#CN[C@@H]1[C@@H](O)[C@H](O)[C@@H](CO)OC1(O)C(C)=O. The fourth-order valence-corrected chi connectivity index (χ4v) is 1.74. The maximum absolute atomic E-state index is 11.4. The number of rotatable bonds is 3. The second-order valence-corrected chi connectivity index (χ2v) is 3.84. The fourth-order valence-electron chi connectivity index (χ4n) is 1.74. The number of nitrogens with one attached hydrogen (secondary N) is 1. The third-order valence-corrected chi connectivity index (χ3v) is 2.75. The third-order valence-electron chi connectivity index (χ3n) is 2.75. The van der Waals surface area contributed by atoms with Gasteiger partial charge in [0, 0.05) is 13.0 Å². The molecule has 0 aromatic carbocycles. The smallest absolute Gasteiger partial charge is 0.250 e. The first kappa shape index (κ1) is 13.9. The van der Waals surface area contributed by atoms with Crippen LogP contribution in [0, 0.1) is 12.5 Å². The Morgan fingerprint density at radius 3 is 2.53 bits per heavy atom. The summed E-state index contributed by atoms with van der Waals surface area (Å²) in [6.07, 6.45) is 0.688. The lowest BCUT2D eigenvalue weighted by molar-refractivity contribution is -0.300. The van der Waals surface area contributed by atoms with Gasteiger partial charge in [-0.25, -0.2) is 0 Å². The highest BCUT2D eigenvalue weighted by Crippen LogP contribution is 2.28. The summed E-state index contributed by atoms with van der Waals surface area (Å²) in [6, 6.07) is 0.583. The lowest BCUT2D eigenvalue weighted by Gasteiger charge is -2.45. The van der Waals surface area contributed by atoms with Gasteiger partial charge in [-0.2, -0.15) is 0 Å². The van der Waals surface area contributed by atoms with Crippen LogP contribution in [0.25, 0.3) is 0 Å². The van der Waals surface area contributed by atoms with Crippen molar-refractivity contribution in [1.29, 1.82) is 0 Å². The molecule has 7 nitrogen and oxygen atoms in total. The van der Waals surface area contributed by atoms with Crippen LogP contribution in [0.4, 0.5) is 0 Å². The summed E-state index contributed by atoms with van der Waals surface area (Å²) in [5.74, 6) is -3.19. The Morgan fingerprint density at radius 2 is 2.12 bits per heavy atom. The lowest BCUT2D eigenvalue weighted by atomic mass is 9.88. The predicted molar refractivity (Wildman–Crippen MR) is 55.4 cm³/mol. The van der Waals surface area contributed by atoms with E-state index in [1.54, 1.807) is 0 Å². The van der Waals surface area contributed by atoms with Gasteiger partial charge in [-0.15, -0.1) is 0 Å². The summed E-state index contributed by atoms with van der Waals surface area (Å²) in [6.45, 7) is 0.390. The van der Waals surface area contributed by atoms with E-state index in [0.717, 1.165) is 6.92 Å². The van der Waals surface area contributed by atoms with Crippen molar-refractivity contribution in [3.63, 3.8) is 0 Å². The second-order valence-electron chi connectivity index (χ2n) is 3.84. The Morgan fingerprint density at radius 1 is 1.53 bits per heavy atom. The van der Waals surface area contributed by atoms with Gasteiger partial charge >= 0.3 is 0 Å². The van der Waals surface area contributed by atoms with Gasteiger partial charge in [-0.1, -0.05) is 6.42 Å². The van der Waals surface area contributed by atoms with Gasteiger partial charge in [-0.05, 0) is 0 Å². The molecule has 0 aromatic rings. The van der Waals surface area contributed by atoms with E-state index >= 15 is 0 Å². The van der Waals surface area contributed by atoms with Crippen LogP contribution in [0.2, 0.25) is 0 Å². The number of hydrogen-bond donors (Lipinski definition) is 5. The molecule has 17 heavy (non-hydrogen) atoms. The van der Waals surface area contributed by atoms with Gasteiger partial charge in [0.25, 0.3) is 5.79 Å². The molecule has 1 rings (SSSR count). The molecule has 0 amide bonds. The molecular weight excluding hydrogens is 230 g/mol. The molecule has 96 valence electrons. The minimum Gasteiger partial charge on any atom is -0.394 e. The van der Waals surface area contributed by atoms with Gasteiger partial charge in [0.15, 0.2) is 5.78 Å². The summed E-state index contributed by atoms with van der Waals surface area (Å²) in [5, 5.41) is 40.5. The molecule has 0 bridgehead atoms. The average molecular weight is 245 g/mol. The first-order valence-electron chi connectivity index (χ1n) is 4.97. The molecule has 0 saturated carbocycles. The Hall–Kier alpha value is -1.17. The van der Waals surface area contributed by atoms with Gasteiger partial charge in [0.2, 0.25) is 0 Å². The van der Waals surface area contributed by atoms with E-state index in [4.69, 9.17) is 16.3 Å². The van der Waals surface area contributed by atoms with Crippen molar-refractivity contribution in [2.45, 2.75) is 37.1 Å². The highest BCUT2D eigenvalue weighted by Gasteiger charge is 2.56. The zero-order valence-electron chi connectivity index (χ0n) is 9.20. The number of aliphatic hydroxyl groups excluding tert-OH is 3. The lowest BCUT2D eigenvalue weighted by Crippen LogP contribution is -2.71. The summed E-state index contributed by atoms with van der Waals surface area (Å²) in [4.78, 5) is 11.4. The predicted octanol–water partition coefficient (Wildman–Crippen LogP) is -3.07. The molecular formula is C10H15NO6. The van der Waals surface area contributed by atoms with E-state index in [9.17, 15) is 20.1 Å². The van der Waals surface area contributed by atoms with Crippen LogP contribution < -0.4 is 5.32 Å². The van der Waals surface area contributed by atoms with Crippen molar-refractivity contribution < 1.29 is 30.0 Å². The monoisotopic (exact) mass is 245 g/mol. The Bertz CT molecular complexity index is 340. The number of carbonyl (C=O) groups excluding carboxylic acids is 1. The fraction of sp³-hybridized carbons (Fsp3) is 0.700. The molecule has 0 spiro atoms. The van der Waals surface area contributed by atoms with Gasteiger partial charge in [-0.3, -0.25) is 4.79 Å². The van der Waals surface area contributed by atoms with Crippen LogP contribution >= 0.6 is 0 Å². The van der Waals surface area contributed by atoms with Crippen LogP contribution in [-0.4, -0.2) is 63.0 Å². The molecule has 1 aliphatic rings. The molecule has 0 aromatic heterocycles. The zero-order valence-corrected chi connectivity index (χ0v) is 9.20. The molecule has 1 aliphatic heterocycles. The summed E-state index contributed by atoms with van der Waals surface area (Å²) in [7, 11) is 0. The van der Waals surface area contributed by atoms with E-state index in [1.807, 2.05) is 6.04 Å². The van der Waals surface area contributed by atoms with Gasteiger partial charge in [0.05, 0.1) is 6.61 Å². The minimum atomic E-state index is -2.39. The molecule has 5 N–H and O–H groups in total. The van der Waals surface area contributed by atoms with Gasteiger partial charge in [0.1, 0.15) is 24.4 Å². The normalized spacial score (nSPS) is 41.6. The number of aliphatic hydroxyl groups is 4. The second kappa shape index (κ2) is 5.00. The van der Waals surface area contributed by atoms with Crippen molar-refractivity contribution in [3.05, 3.63) is 0 Å². The topological polar surface area (TPSA) is 119 Å².